The Morgan fingerprint density at radius 2 is 1.79 bits per heavy atom. The van der Waals surface area contributed by atoms with Gasteiger partial charge in [-0.15, -0.1) is 12.4 Å². The van der Waals surface area contributed by atoms with Gasteiger partial charge in [-0.25, -0.2) is 19.3 Å². The molecule has 3 N–H and O–H groups in total. The lowest BCUT2D eigenvalue weighted by atomic mass is 9.76. The first-order valence-corrected chi connectivity index (χ1v) is 11.0. The van der Waals surface area contributed by atoms with Crippen LogP contribution in [0.1, 0.15) is 43.0 Å². The Balaban J connectivity index is 0.00000274. The zero-order valence-electron chi connectivity index (χ0n) is 18.7. The summed E-state index contributed by atoms with van der Waals surface area (Å²) in [5, 5.41) is 11.0. The molecule has 1 fully saturated rings. The summed E-state index contributed by atoms with van der Waals surface area (Å²) >= 11 is 0. The molecule has 4 aromatic rings. The van der Waals surface area contributed by atoms with Crippen molar-refractivity contribution in [1.82, 2.24) is 19.5 Å². The first-order valence-electron chi connectivity index (χ1n) is 11.0. The van der Waals surface area contributed by atoms with E-state index in [2.05, 4.69) is 38.9 Å². The van der Waals surface area contributed by atoms with Crippen LogP contribution in [0.4, 0.5) is 10.2 Å². The Hall–Kier alpha value is -3.47. The maximum atomic E-state index is 13.7. The lowest BCUT2D eigenvalue weighted by molar-refractivity contribution is 0.0548. The Labute approximate surface area is 203 Å². The summed E-state index contributed by atoms with van der Waals surface area (Å²) in [6, 6.07) is 16.6. The van der Waals surface area contributed by atoms with Crippen LogP contribution in [0, 0.1) is 17.7 Å². The molecule has 1 saturated carbocycles. The first-order chi connectivity index (χ1) is 15.9. The quantitative estimate of drug-likeness (QED) is 0.411. The zero-order valence-corrected chi connectivity index (χ0v) is 19.5. The molecule has 0 unspecified atom stereocenters. The molecular formula is C26H25ClFN5O. The minimum absolute atomic E-state index is 0. The molecule has 1 aliphatic carbocycles. The Kier molecular flexibility index (Phi) is 6.56. The van der Waals surface area contributed by atoms with Crippen LogP contribution in [0.3, 0.4) is 0 Å². The minimum Gasteiger partial charge on any atom is -0.382 e. The Morgan fingerprint density at radius 1 is 1.06 bits per heavy atom. The molecule has 2 aromatic heterocycles. The highest BCUT2D eigenvalue weighted by molar-refractivity contribution is 5.86. The van der Waals surface area contributed by atoms with Crippen LogP contribution < -0.4 is 5.73 Å². The van der Waals surface area contributed by atoms with E-state index in [9.17, 15) is 9.50 Å². The molecule has 0 atom stereocenters. The lowest BCUT2D eigenvalue weighted by Gasteiger charge is -2.32. The number of fused-ring (bicyclic) bond motifs is 1. The smallest absolute Gasteiger partial charge is 0.209 e. The van der Waals surface area contributed by atoms with Gasteiger partial charge in [-0.3, -0.25) is 0 Å². The molecule has 0 bridgehead atoms. The first kappa shape index (κ1) is 23.7. The van der Waals surface area contributed by atoms with Crippen molar-refractivity contribution in [2.24, 2.45) is 7.05 Å². The summed E-state index contributed by atoms with van der Waals surface area (Å²) in [7, 11) is 1.79. The Bertz CT molecular complexity index is 1390. The molecule has 0 amide bonds. The second-order valence-corrected chi connectivity index (χ2v) is 8.58. The second kappa shape index (κ2) is 9.41. The Morgan fingerprint density at radius 3 is 2.50 bits per heavy atom. The van der Waals surface area contributed by atoms with E-state index in [1.807, 2.05) is 18.2 Å². The van der Waals surface area contributed by atoms with E-state index < -0.39 is 5.60 Å². The van der Waals surface area contributed by atoms with Crippen LogP contribution in [0.5, 0.6) is 0 Å². The topological polar surface area (TPSA) is 89.9 Å². The fourth-order valence-corrected chi connectivity index (χ4v) is 4.48. The maximum absolute atomic E-state index is 13.7. The van der Waals surface area contributed by atoms with E-state index in [1.165, 1.54) is 17.7 Å². The number of aromatic nitrogens is 4. The molecule has 0 radical (unpaired) electrons. The third-order valence-corrected chi connectivity index (χ3v) is 6.32. The van der Waals surface area contributed by atoms with Gasteiger partial charge < -0.3 is 15.4 Å². The van der Waals surface area contributed by atoms with E-state index >= 15 is 0 Å². The zero-order chi connectivity index (χ0) is 23.0. The minimum atomic E-state index is -1.07. The number of nitrogen functional groups attached to an aromatic ring is 1. The summed E-state index contributed by atoms with van der Waals surface area (Å²) < 4.78 is 15.4. The van der Waals surface area contributed by atoms with Crippen molar-refractivity contribution in [3.63, 3.8) is 0 Å². The van der Waals surface area contributed by atoms with Crippen LogP contribution in [-0.4, -0.2) is 30.2 Å². The van der Waals surface area contributed by atoms with E-state index in [4.69, 9.17) is 5.73 Å². The number of imidazole rings is 1. The average Bonchev–Trinajstić information content (AvgIpc) is 3.16. The number of aryl methyl sites for hydroxylation is 1. The fraction of sp³-hybridized carbons (Fsp3) is 0.269. The van der Waals surface area contributed by atoms with Gasteiger partial charge in [0.1, 0.15) is 17.2 Å². The lowest BCUT2D eigenvalue weighted by Crippen LogP contribution is -2.31. The molecule has 0 saturated heterocycles. The number of rotatable bonds is 2. The van der Waals surface area contributed by atoms with E-state index in [0.717, 1.165) is 12.8 Å². The summed E-state index contributed by atoms with van der Waals surface area (Å²) in [6.07, 6.45) is 2.92. The molecule has 2 aromatic carbocycles. The summed E-state index contributed by atoms with van der Waals surface area (Å²) in [5.41, 5.74) is 7.93. The fourth-order valence-electron chi connectivity index (χ4n) is 4.48. The van der Waals surface area contributed by atoms with Gasteiger partial charge in [0.05, 0.1) is 0 Å². The van der Waals surface area contributed by atoms with Gasteiger partial charge in [-0.1, -0.05) is 48.4 Å². The molecule has 34 heavy (non-hydrogen) atoms. The van der Waals surface area contributed by atoms with E-state index in [-0.39, 0.29) is 29.9 Å². The highest BCUT2D eigenvalue weighted by Crippen LogP contribution is 2.37. The number of nitrogens with zero attached hydrogens (tertiary/aromatic N) is 4. The van der Waals surface area contributed by atoms with Crippen molar-refractivity contribution < 1.29 is 9.50 Å². The average molecular weight is 478 g/mol. The number of hydrogen-bond acceptors (Lipinski definition) is 5. The molecule has 1 aliphatic rings. The summed E-state index contributed by atoms with van der Waals surface area (Å²) in [5.74, 6) is 6.97. The van der Waals surface area contributed by atoms with Gasteiger partial charge >= 0.3 is 0 Å². The SMILES string of the molecule is Cl.Cn1c(-c2cccc(F)c2)nc2c(N)nc(C#CC3(O)CCC(c4ccccc4)CC3)nc21. The largest absolute Gasteiger partial charge is 0.382 e. The number of benzene rings is 2. The van der Waals surface area contributed by atoms with Gasteiger partial charge in [0.2, 0.25) is 5.82 Å². The van der Waals surface area contributed by atoms with E-state index in [0.29, 0.717) is 41.3 Å². The van der Waals surface area contributed by atoms with Crippen molar-refractivity contribution in [2.75, 3.05) is 5.73 Å². The van der Waals surface area contributed by atoms with Crippen molar-refractivity contribution >= 4 is 29.4 Å². The predicted octanol–water partition coefficient (Wildman–Crippen LogP) is 4.61. The van der Waals surface area contributed by atoms with Crippen molar-refractivity contribution in [3.8, 4) is 23.2 Å². The second-order valence-electron chi connectivity index (χ2n) is 8.58. The van der Waals surface area contributed by atoms with Crippen LogP contribution in [0.15, 0.2) is 54.6 Å². The monoisotopic (exact) mass is 477 g/mol. The van der Waals surface area contributed by atoms with Gasteiger partial charge in [-0.05, 0) is 55.2 Å². The summed E-state index contributed by atoms with van der Waals surface area (Å²) in [6.45, 7) is 0. The van der Waals surface area contributed by atoms with Crippen molar-refractivity contribution in [2.45, 2.75) is 37.2 Å². The van der Waals surface area contributed by atoms with Crippen LogP contribution in [-0.2, 0) is 7.05 Å². The van der Waals surface area contributed by atoms with Gasteiger partial charge in [0, 0.05) is 12.6 Å². The molecule has 8 heteroatoms. The molecule has 5 rings (SSSR count). The van der Waals surface area contributed by atoms with Gasteiger partial charge in [-0.2, -0.15) is 0 Å². The molecule has 174 valence electrons. The van der Waals surface area contributed by atoms with Crippen molar-refractivity contribution in [1.29, 1.82) is 0 Å². The number of halogens is 2. The van der Waals surface area contributed by atoms with E-state index in [1.54, 1.807) is 23.7 Å². The number of anilines is 1. The molecule has 0 aliphatic heterocycles. The van der Waals surface area contributed by atoms with Gasteiger partial charge in [0.15, 0.2) is 17.0 Å². The van der Waals surface area contributed by atoms with Crippen molar-refractivity contribution in [3.05, 3.63) is 71.8 Å². The predicted molar refractivity (Wildman–Crippen MR) is 133 cm³/mol. The van der Waals surface area contributed by atoms with Crippen LogP contribution >= 0.6 is 12.4 Å². The molecular weight excluding hydrogens is 453 g/mol. The number of hydrogen-bond donors (Lipinski definition) is 2. The summed E-state index contributed by atoms with van der Waals surface area (Å²) in [4.78, 5) is 13.3. The number of aliphatic hydroxyl groups is 1. The third-order valence-electron chi connectivity index (χ3n) is 6.32. The van der Waals surface area contributed by atoms with Crippen LogP contribution in [0.25, 0.3) is 22.6 Å². The van der Waals surface area contributed by atoms with Gasteiger partial charge in [0.25, 0.3) is 0 Å². The molecule has 0 spiro atoms. The highest BCUT2D eigenvalue weighted by Gasteiger charge is 2.32. The normalized spacial score (nSPS) is 19.8. The third kappa shape index (κ3) is 4.60. The standard InChI is InChI=1S/C26H24FN5O.ClH/c1-32-24(19-8-5-9-20(27)16-19)31-22-23(28)29-21(30-25(22)32)12-15-26(33)13-10-18(11-14-26)17-6-3-2-4-7-17;/h2-9,16,18,33H,10-11,13-14H2,1H3,(H2,28,29,30);1H. The number of nitrogens with two attached hydrogens (primary N) is 1. The molecule has 6 nitrogen and oxygen atoms in total. The van der Waals surface area contributed by atoms with Crippen LogP contribution in [0.2, 0.25) is 0 Å². The molecule has 2 heterocycles. The highest BCUT2D eigenvalue weighted by atomic mass is 35.5. The maximum Gasteiger partial charge on any atom is 0.209 e.